The molecule has 4 aromatic carbocycles. The van der Waals surface area contributed by atoms with Crippen molar-refractivity contribution >= 4 is 63.3 Å². The molecule has 10 heteroatoms. The SMILES string of the molecule is O=S(=O)(Nc1ccc(Br)cc1)c1ccc2c(c1)Cc1cc(S(=O)(=O)Nc3ccc(Br)cc3)ccc1-2. The molecule has 0 unspecified atom stereocenters. The second-order valence-corrected chi connectivity index (χ2v) is 13.2. The number of rotatable bonds is 6. The second kappa shape index (κ2) is 9.09. The van der Waals surface area contributed by atoms with Crippen molar-refractivity contribution in [2.24, 2.45) is 0 Å². The first-order valence-corrected chi connectivity index (χ1v) is 15.0. The zero-order chi connectivity index (χ0) is 24.8. The van der Waals surface area contributed by atoms with E-state index in [1.165, 1.54) is 0 Å². The maximum Gasteiger partial charge on any atom is 0.261 e. The van der Waals surface area contributed by atoms with Gasteiger partial charge in [0.1, 0.15) is 0 Å². The largest absolute Gasteiger partial charge is 0.280 e. The van der Waals surface area contributed by atoms with Gasteiger partial charge in [0.15, 0.2) is 0 Å². The normalized spacial score (nSPS) is 12.6. The summed E-state index contributed by atoms with van der Waals surface area (Å²) in [5.41, 5.74) is 4.37. The molecule has 0 saturated carbocycles. The minimum absolute atomic E-state index is 0.150. The van der Waals surface area contributed by atoms with Crippen molar-refractivity contribution in [3.63, 3.8) is 0 Å². The van der Waals surface area contributed by atoms with Crippen molar-refractivity contribution in [2.45, 2.75) is 16.2 Å². The maximum absolute atomic E-state index is 12.9. The van der Waals surface area contributed by atoms with Crippen LogP contribution >= 0.6 is 31.9 Å². The first-order chi connectivity index (χ1) is 16.6. The van der Waals surface area contributed by atoms with Gasteiger partial charge in [-0.25, -0.2) is 16.8 Å². The molecule has 0 aromatic heterocycles. The Labute approximate surface area is 220 Å². The fourth-order valence-corrected chi connectivity index (χ4v) is 6.71. The van der Waals surface area contributed by atoms with Crippen molar-refractivity contribution in [1.82, 2.24) is 0 Å². The van der Waals surface area contributed by atoms with Gasteiger partial charge >= 0.3 is 0 Å². The summed E-state index contributed by atoms with van der Waals surface area (Å²) in [6.07, 6.45) is 0.438. The van der Waals surface area contributed by atoms with Gasteiger partial charge in [0.05, 0.1) is 9.79 Å². The Kier molecular flexibility index (Phi) is 6.25. The van der Waals surface area contributed by atoms with E-state index in [-0.39, 0.29) is 9.79 Å². The van der Waals surface area contributed by atoms with Crippen LogP contribution in [0.3, 0.4) is 0 Å². The zero-order valence-corrected chi connectivity index (χ0v) is 22.8. The molecule has 1 aliphatic rings. The van der Waals surface area contributed by atoms with Crippen molar-refractivity contribution in [2.75, 3.05) is 9.44 Å². The van der Waals surface area contributed by atoms with E-state index in [4.69, 9.17) is 0 Å². The van der Waals surface area contributed by atoms with Crippen LogP contribution in [0, 0.1) is 0 Å². The molecule has 0 aliphatic heterocycles. The topological polar surface area (TPSA) is 92.3 Å². The van der Waals surface area contributed by atoms with E-state index < -0.39 is 20.0 Å². The van der Waals surface area contributed by atoms with Crippen molar-refractivity contribution < 1.29 is 16.8 Å². The first-order valence-electron chi connectivity index (χ1n) is 10.4. The molecule has 0 fully saturated rings. The van der Waals surface area contributed by atoms with E-state index in [1.54, 1.807) is 84.9 Å². The summed E-state index contributed by atoms with van der Waals surface area (Å²) >= 11 is 6.67. The summed E-state index contributed by atoms with van der Waals surface area (Å²) in [7, 11) is -7.56. The summed E-state index contributed by atoms with van der Waals surface area (Å²) in [6, 6.07) is 23.7. The monoisotopic (exact) mass is 632 g/mol. The number of fused-ring (bicyclic) bond motifs is 3. The van der Waals surface area contributed by atoms with E-state index in [9.17, 15) is 16.8 Å². The molecule has 35 heavy (non-hydrogen) atoms. The molecule has 0 amide bonds. The minimum Gasteiger partial charge on any atom is -0.280 e. The van der Waals surface area contributed by atoms with Gasteiger partial charge in [0, 0.05) is 20.3 Å². The summed E-state index contributed by atoms with van der Waals surface area (Å²) in [4.78, 5) is 0.299. The highest BCUT2D eigenvalue weighted by Gasteiger charge is 2.25. The van der Waals surface area contributed by atoms with Crippen molar-refractivity contribution in [3.05, 3.63) is 105 Å². The predicted molar refractivity (Wildman–Crippen MR) is 145 cm³/mol. The molecule has 6 nitrogen and oxygen atoms in total. The van der Waals surface area contributed by atoms with E-state index in [0.29, 0.717) is 17.8 Å². The number of hydrogen-bond donors (Lipinski definition) is 2. The Morgan fingerprint density at radius 1 is 0.543 bits per heavy atom. The fourth-order valence-electron chi connectivity index (χ4n) is 3.96. The fraction of sp³-hybridized carbons (Fsp3) is 0.0400. The molecular weight excluding hydrogens is 616 g/mol. The molecular formula is C25H18Br2N2O4S2. The smallest absolute Gasteiger partial charge is 0.261 e. The predicted octanol–water partition coefficient (Wildman–Crippen LogP) is 6.38. The average Bonchev–Trinajstić information content (AvgIpc) is 3.19. The van der Waals surface area contributed by atoms with Crippen LogP contribution < -0.4 is 9.44 Å². The van der Waals surface area contributed by atoms with Gasteiger partial charge in [-0.15, -0.1) is 0 Å². The van der Waals surface area contributed by atoms with Gasteiger partial charge in [0.25, 0.3) is 20.0 Å². The molecule has 5 rings (SSSR count). The van der Waals surface area contributed by atoms with Gasteiger partial charge in [-0.1, -0.05) is 44.0 Å². The number of benzene rings is 4. The molecule has 0 saturated heterocycles. The Balaban J connectivity index is 1.40. The standard InChI is InChI=1S/C25H18Br2N2O4S2/c26-18-1-5-20(6-2-18)28-34(30,31)22-9-11-24-16(14-22)13-17-15-23(10-12-25(17)24)35(32,33)29-21-7-3-19(27)4-8-21/h1-12,14-15,28-29H,13H2. The van der Waals surface area contributed by atoms with Gasteiger partial charge in [-0.3, -0.25) is 9.44 Å². The number of sulfonamides is 2. The molecule has 178 valence electrons. The molecule has 1 aliphatic carbocycles. The van der Waals surface area contributed by atoms with Gasteiger partial charge < -0.3 is 0 Å². The highest BCUT2D eigenvalue weighted by atomic mass is 79.9. The number of nitrogens with one attached hydrogen (secondary N) is 2. The van der Waals surface area contributed by atoms with E-state index in [2.05, 4.69) is 41.3 Å². The number of halogens is 2. The van der Waals surface area contributed by atoms with Crippen LogP contribution in [0.1, 0.15) is 11.1 Å². The Morgan fingerprint density at radius 3 is 1.29 bits per heavy atom. The third-order valence-corrected chi connectivity index (χ3v) is 9.45. The summed E-state index contributed by atoms with van der Waals surface area (Å²) < 4.78 is 58.6. The first kappa shape index (κ1) is 24.1. The zero-order valence-electron chi connectivity index (χ0n) is 18.0. The molecule has 0 radical (unpaired) electrons. The van der Waals surface area contributed by atoms with E-state index in [1.807, 2.05) is 0 Å². The Bertz CT molecular complexity index is 1530. The van der Waals surface area contributed by atoms with Crippen LogP contribution in [0.4, 0.5) is 11.4 Å². The third kappa shape index (κ3) is 5.02. The van der Waals surface area contributed by atoms with Crippen LogP contribution in [-0.4, -0.2) is 16.8 Å². The molecule has 2 N–H and O–H groups in total. The second-order valence-electron chi connectivity index (χ2n) is 8.04. The van der Waals surface area contributed by atoms with Crippen LogP contribution in [0.2, 0.25) is 0 Å². The summed E-state index contributed by atoms with van der Waals surface area (Å²) in [5.74, 6) is 0. The Morgan fingerprint density at radius 2 is 0.914 bits per heavy atom. The maximum atomic E-state index is 12.9. The van der Waals surface area contributed by atoms with E-state index >= 15 is 0 Å². The summed E-state index contributed by atoms with van der Waals surface area (Å²) in [5, 5.41) is 0. The molecule has 0 spiro atoms. The lowest BCUT2D eigenvalue weighted by atomic mass is 10.1. The number of hydrogen-bond acceptors (Lipinski definition) is 4. The molecule has 4 aromatic rings. The summed E-state index contributed by atoms with van der Waals surface area (Å²) in [6.45, 7) is 0. The number of anilines is 2. The van der Waals surface area contributed by atoms with Crippen LogP contribution in [0.15, 0.2) is 104 Å². The van der Waals surface area contributed by atoms with E-state index in [0.717, 1.165) is 31.2 Å². The highest BCUT2D eigenvalue weighted by molar-refractivity contribution is 9.10. The van der Waals surface area contributed by atoms with Gasteiger partial charge in [-0.2, -0.15) is 0 Å². The average molecular weight is 634 g/mol. The van der Waals surface area contributed by atoms with Crippen LogP contribution in [-0.2, 0) is 26.5 Å². The van der Waals surface area contributed by atoms with Gasteiger partial charge in [0.2, 0.25) is 0 Å². The van der Waals surface area contributed by atoms with Gasteiger partial charge in [-0.05, 0) is 101 Å². The third-order valence-electron chi connectivity index (χ3n) is 5.64. The minimum atomic E-state index is -3.78. The molecule has 0 atom stereocenters. The quantitative estimate of drug-likeness (QED) is 0.227. The van der Waals surface area contributed by atoms with Crippen molar-refractivity contribution in [3.8, 4) is 11.1 Å². The highest BCUT2D eigenvalue weighted by Crippen LogP contribution is 2.39. The lowest BCUT2D eigenvalue weighted by molar-refractivity contribution is 0.599. The Hall–Kier alpha value is -2.66. The van der Waals surface area contributed by atoms with Crippen LogP contribution in [0.25, 0.3) is 11.1 Å². The van der Waals surface area contributed by atoms with Crippen molar-refractivity contribution in [1.29, 1.82) is 0 Å². The molecule has 0 heterocycles. The lowest BCUT2D eigenvalue weighted by Gasteiger charge is -2.10. The molecule has 0 bridgehead atoms. The van der Waals surface area contributed by atoms with Crippen LogP contribution in [0.5, 0.6) is 0 Å². The lowest BCUT2D eigenvalue weighted by Crippen LogP contribution is -2.13.